The molecule has 0 saturated heterocycles. The molecule has 152 valence electrons. The minimum Gasteiger partial charge on any atom is -0.756 e. The van der Waals surface area contributed by atoms with Crippen molar-refractivity contribution >= 4 is 19.4 Å². The molecule has 0 fully saturated rings. The molecule has 0 aliphatic carbocycles. The molecule has 3 atom stereocenters. The van der Waals surface area contributed by atoms with Crippen LogP contribution < -0.4 is 34.5 Å². The van der Waals surface area contributed by atoms with E-state index in [0.717, 1.165) is 25.7 Å². The first-order chi connectivity index (χ1) is 11.9. The summed E-state index contributed by atoms with van der Waals surface area (Å²) < 4.78 is 21.7. The second-order valence-corrected chi connectivity index (χ2v) is 9.25. The summed E-state index contributed by atoms with van der Waals surface area (Å²) in [5, 5.41) is -0.348. The molecule has 0 spiro atoms. The molecular formula is C19H39ClNaO4P. The molecule has 0 bridgehead atoms. The average molecular weight is 421 g/mol. The van der Waals surface area contributed by atoms with E-state index in [9.17, 15) is 9.46 Å². The van der Waals surface area contributed by atoms with E-state index in [-0.39, 0.29) is 48.1 Å². The van der Waals surface area contributed by atoms with E-state index in [1.165, 1.54) is 51.4 Å². The molecule has 7 heteroatoms. The zero-order valence-corrected chi connectivity index (χ0v) is 21.2. The summed E-state index contributed by atoms with van der Waals surface area (Å²) in [7, 11) is -4.23. The molecule has 0 rings (SSSR count). The molecule has 0 aliphatic rings. The van der Waals surface area contributed by atoms with Crippen LogP contribution in [0.4, 0.5) is 0 Å². The Morgan fingerprint density at radius 2 is 1.27 bits per heavy atom. The predicted molar refractivity (Wildman–Crippen MR) is 105 cm³/mol. The van der Waals surface area contributed by atoms with Crippen LogP contribution in [0.2, 0.25) is 0 Å². The van der Waals surface area contributed by atoms with Gasteiger partial charge < -0.3 is 13.9 Å². The van der Waals surface area contributed by atoms with Crippen LogP contribution in [0.1, 0.15) is 97.8 Å². The molecular weight excluding hydrogens is 382 g/mol. The predicted octanol–water partition coefficient (Wildman–Crippen LogP) is 3.46. The first-order valence-corrected chi connectivity index (χ1v) is 12.0. The standard InChI is InChI=1S/C19H40ClO4P.Na/c1-4-6-8-10-11-13-15-19(14-12-9-7-5-2)17-24-25(21,22)23-16-18(3)20;/h18-19H,4-17H2,1-3H3,(H,21,22);/q;+1/p-1. The third-order valence-electron chi connectivity index (χ3n) is 4.36. The Morgan fingerprint density at radius 1 is 0.846 bits per heavy atom. The van der Waals surface area contributed by atoms with Gasteiger partial charge in [0.25, 0.3) is 7.82 Å². The van der Waals surface area contributed by atoms with Crippen LogP contribution in [0.15, 0.2) is 0 Å². The van der Waals surface area contributed by atoms with Crippen LogP contribution in [0.5, 0.6) is 0 Å². The first-order valence-electron chi connectivity index (χ1n) is 10.2. The molecule has 0 radical (unpaired) electrons. The Labute approximate surface area is 189 Å². The van der Waals surface area contributed by atoms with Crippen LogP contribution in [-0.2, 0) is 13.6 Å². The summed E-state index contributed by atoms with van der Waals surface area (Å²) in [6.45, 7) is 6.30. The van der Waals surface area contributed by atoms with E-state index in [2.05, 4.69) is 13.8 Å². The number of hydrogen-bond donors (Lipinski definition) is 0. The van der Waals surface area contributed by atoms with Crippen LogP contribution in [0.3, 0.4) is 0 Å². The van der Waals surface area contributed by atoms with Gasteiger partial charge in [0.1, 0.15) is 0 Å². The molecule has 3 unspecified atom stereocenters. The van der Waals surface area contributed by atoms with Crippen LogP contribution >= 0.6 is 19.4 Å². The van der Waals surface area contributed by atoms with E-state index < -0.39 is 7.82 Å². The van der Waals surface area contributed by atoms with E-state index in [1.54, 1.807) is 6.92 Å². The van der Waals surface area contributed by atoms with E-state index in [1.807, 2.05) is 0 Å². The number of alkyl halides is 1. The maximum absolute atomic E-state index is 11.8. The number of unbranched alkanes of at least 4 members (excludes halogenated alkanes) is 8. The molecule has 0 saturated carbocycles. The second-order valence-electron chi connectivity index (χ2n) is 7.09. The summed E-state index contributed by atoms with van der Waals surface area (Å²) in [6, 6.07) is 0. The molecule has 0 aromatic carbocycles. The number of phosphoric ester groups is 1. The topological polar surface area (TPSA) is 58.6 Å². The Balaban J connectivity index is 0. The summed E-state index contributed by atoms with van der Waals surface area (Å²) in [4.78, 5) is 11.8. The Hall–Kier alpha value is 1.40. The quantitative estimate of drug-likeness (QED) is 0.147. The molecule has 26 heavy (non-hydrogen) atoms. The van der Waals surface area contributed by atoms with Crippen molar-refractivity contribution in [3.05, 3.63) is 0 Å². The molecule has 0 heterocycles. The SMILES string of the molecule is CCCCCCCCC(CCCCCC)COP(=O)([O-])OCC(C)Cl.[Na+]. The van der Waals surface area contributed by atoms with Crippen molar-refractivity contribution in [3.63, 3.8) is 0 Å². The minimum atomic E-state index is -4.23. The maximum atomic E-state index is 11.8. The molecule has 4 nitrogen and oxygen atoms in total. The van der Waals surface area contributed by atoms with Gasteiger partial charge in [0.15, 0.2) is 0 Å². The van der Waals surface area contributed by atoms with Crippen LogP contribution in [0.25, 0.3) is 0 Å². The van der Waals surface area contributed by atoms with Gasteiger partial charge in [-0.05, 0) is 25.7 Å². The number of hydrogen-bond acceptors (Lipinski definition) is 4. The first kappa shape index (κ1) is 29.6. The van der Waals surface area contributed by atoms with Crippen molar-refractivity contribution in [1.29, 1.82) is 0 Å². The summed E-state index contributed by atoms with van der Waals surface area (Å²) in [5.74, 6) is 0.294. The van der Waals surface area contributed by atoms with Gasteiger partial charge in [-0.15, -0.1) is 11.6 Å². The smallest absolute Gasteiger partial charge is 0.756 e. The van der Waals surface area contributed by atoms with E-state index >= 15 is 0 Å². The molecule has 0 aromatic heterocycles. The van der Waals surface area contributed by atoms with Gasteiger partial charge >= 0.3 is 29.6 Å². The van der Waals surface area contributed by atoms with E-state index in [0.29, 0.717) is 5.92 Å². The van der Waals surface area contributed by atoms with Crippen molar-refractivity contribution in [1.82, 2.24) is 0 Å². The molecule has 0 amide bonds. The minimum absolute atomic E-state index is 0. The van der Waals surface area contributed by atoms with Crippen molar-refractivity contribution in [2.75, 3.05) is 13.2 Å². The van der Waals surface area contributed by atoms with Gasteiger partial charge in [0.05, 0.1) is 18.6 Å². The van der Waals surface area contributed by atoms with Crippen molar-refractivity contribution in [2.24, 2.45) is 5.92 Å². The Bertz CT molecular complexity index is 346. The normalized spacial score (nSPS) is 15.9. The Kier molecular flexibility index (Phi) is 22.4. The fourth-order valence-corrected chi connectivity index (χ4v) is 3.84. The second kappa shape index (κ2) is 19.7. The van der Waals surface area contributed by atoms with E-state index in [4.69, 9.17) is 20.6 Å². The van der Waals surface area contributed by atoms with Crippen LogP contribution in [0, 0.1) is 5.92 Å². The van der Waals surface area contributed by atoms with Gasteiger partial charge in [0, 0.05) is 0 Å². The Morgan fingerprint density at radius 3 is 1.77 bits per heavy atom. The molecule has 0 aliphatic heterocycles. The zero-order valence-electron chi connectivity index (χ0n) is 17.5. The van der Waals surface area contributed by atoms with Crippen molar-refractivity contribution in [3.8, 4) is 0 Å². The summed E-state index contributed by atoms with van der Waals surface area (Å²) >= 11 is 5.72. The summed E-state index contributed by atoms with van der Waals surface area (Å²) in [5.41, 5.74) is 0. The van der Waals surface area contributed by atoms with Gasteiger partial charge in [-0.2, -0.15) is 0 Å². The van der Waals surface area contributed by atoms with Crippen molar-refractivity contribution < 1.29 is 48.1 Å². The maximum Gasteiger partial charge on any atom is 1.00 e. The van der Waals surface area contributed by atoms with Gasteiger partial charge in [-0.25, -0.2) is 0 Å². The number of halogens is 1. The molecule has 0 N–H and O–H groups in total. The third kappa shape index (κ3) is 20.1. The zero-order chi connectivity index (χ0) is 19.0. The monoisotopic (exact) mass is 420 g/mol. The average Bonchev–Trinajstić information content (AvgIpc) is 2.57. The van der Waals surface area contributed by atoms with Gasteiger partial charge in [-0.1, -0.05) is 78.1 Å². The van der Waals surface area contributed by atoms with Gasteiger partial charge in [0.2, 0.25) is 0 Å². The fraction of sp³-hybridized carbons (Fsp3) is 1.00. The van der Waals surface area contributed by atoms with Crippen molar-refractivity contribution in [2.45, 2.75) is 103 Å². The van der Waals surface area contributed by atoms with Crippen LogP contribution in [-0.4, -0.2) is 18.6 Å². The molecule has 0 aromatic rings. The fourth-order valence-electron chi connectivity index (χ4n) is 2.81. The van der Waals surface area contributed by atoms with Gasteiger partial charge in [-0.3, -0.25) is 4.57 Å². The largest absolute Gasteiger partial charge is 1.00 e. The number of phosphoric acid groups is 1. The number of rotatable bonds is 18. The third-order valence-corrected chi connectivity index (χ3v) is 5.42. The summed E-state index contributed by atoms with van der Waals surface area (Å²) in [6.07, 6.45) is 14.4.